The van der Waals surface area contributed by atoms with Gasteiger partial charge < -0.3 is 9.53 Å². The number of aliphatic hydroxyl groups excluding tert-OH is 1. The molecule has 3 heteroatoms. The van der Waals surface area contributed by atoms with Crippen LogP contribution in [0.25, 0.3) is 6.08 Å². The van der Waals surface area contributed by atoms with Crippen molar-refractivity contribution in [2.75, 3.05) is 0 Å². The fraction of sp³-hybridized carbons (Fsp3) is 0.615. The van der Waals surface area contributed by atoms with Crippen LogP contribution in [0.1, 0.15) is 83.8 Å². The summed E-state index contributed by atoms with van der Waals surface area (Å²) in [6.45, 7) is 14.3. The zero-order valence-corrected chi connectivity index (χ0v) is 20.7. The monoisotopic (exact) mass is 416 g/mol. The molecule has 0 amide bonds. The maximum absolute atomic E-state index is 10.1. The van der Waals surface area contributed by atoms with Crippen LogP contribution in [-0.2, 0) is 11.0 Å². The third-order valence-corrected chi connectivity index (χ3v) is 10.5. The molecule has 0 aromatic heterocycles. The van der Waals surface area contributed by atoms with Crippen molar-refractivity contribution in [3.8, 4) is 0 Å². The van der Waals surface area contributed by atoms with Crippen molar-refractivity contribution in [3.05, 3.63) is 53.6 Å². The first kappa shape index (κ1) is 25.9. The Morgan fingerprint density at radius 3 is 2.34 bits per heavy atom. The van der Waals surface area contributed by atoms with E-state index in [0.29, 0.717) is 6.61 Å². The Balaban J connectivity index is 2.51. The Bertz CT molecular complexity index is 626. The normalized spacial score (nSPS) is 14.2. The summed E-state index contributed by atoms with van der Waals surface area (Å²) < 4.78 is 6.39. The van der Waals surface area contributed by atoms with Gasteiger partial charge in [0, 0.05) is 0 Å². The van der Waals surface area contributed by atoms with Crippen molar-refractivity contribution >= 4 is 14.4 Å². The van der Waals surface area contributed by atoms with Crippen LogP contribution in [0.15, 0.2) is 42.5 Å². The fourth-order valence-corrected chi connectivity index (χ4v) is 3.83. The molecule has 2 nitrogen and oxygen atoms in total. The molecule has 0 aliphatic rings. The van der Waals surface area contributed by atoms with Gasteiger partial charge in [-0.1, -0.05) is 115 Å². The van der Waals surface area contributed by atoms with Gasteiger partial charge in [-0.25, -0.2) is 0 Å². The molecule has 0 bridgehead atoms. The van der Waals surface area contributed by atoms with Crippen LogP contribution in [-0.4, -0.2) is 19.5 Å². The smallest absolute Gasteiger partial charge is 0.192 e. The van der Waals surface area contributed by atoms with E-state index in [1.165, 1.54) is 43.2 Å². The molecule has 29 heavy (non-hydrogen) atoms. The van der Waals surface area contributed by atoms with Crippen molar-refractivity contribution in [1.29, 1.82) is 0 Å². The molecule has 1 aromatic rings. The lowest BCUT2D eigenvalue weighted by Crippen LogP contribution is -2.40. The number of aliphatic hydroxyl groups is 1. The lowest BCUT2D eigenvalue weighted by molar-refractivity contribution is 0.208. The number of rotatable bonds is 13. The molecular formula is C26H44O2Si. The van der Waals surface area contributed by atoms with Crippen LogP contribution in [0.5, 0.6) is 0 Å². The minimum atomic E-state index is -1.76. The molecule has 1 aromatic carbocycles. The van der Waals surface area contributed by atoms with Gasteiger partial charge in [0.1, 0.15) is 0 Å². The topological polar surface area (TPSA) is 29.5 Å². The third-order valence-electron chi connectivity index (χ3n) is 6.02. The summed E-state index contributed by atoms with van der Waals surface area (Å²) in [5.74, 6) is 0. The summed E-state index contributed by atoms with van der Waals surface area (Å²) in [6.07, 6.45) is 16.1. The molecule has 1 unspecified atom stereocenters. The van der Waals surface area contributed by atoms with E-state index in [2.05, 4.69) is 71.1 Å². The van der Waals surface area contributed by atoms with Gasteiger partial charge in [0.05, 0.1) is 12.7 Å². The molecule has 0 saturated heterocycles. The van der Waals surface area contributed by atoms with Gasteiger partial charge in [-0.3, -0.25) is 0 Å². The van der Waals surface area contributed by atoms with Gasteiger partial charge in [0.15, 0.2) is 8.32 Å². The van der Waals surface area contributed by atoms with Crippen molar-refractivity contribution in [3.63, 3.8) is 0 Å². The highest BCUT2D eigenvalue weighted by Crippen LogP contribution is 2.37. The molecule has 0 aliphatic heterocycles. The standard InChI is InChI=1S/C26H44O2Si/c1-7-8-9-10-11-12-20-25(27)21-16-15-18-23-17-13-14-19-24(23)22-28-29(5,6)26(2,3)4/h13-19,21,25,27H,7-12,20,22H2,1-6H3/b18-15+,21-16+. The van der Waals surface area contributed by atoms with Gasteiger partial charge >= 0.3 is 0 Å². The Kier molecular flexibility index (Phi) is 11.8. The van der Waals surface area contributed by atoms with Crippen LogP contribution >= 0.6 is 0 Å². The number of hydrogen-bond donors (Lipinski definition) is 1. The van der Waals surface area contributed by atoms with Crippen LogP contribution in [0.3, 0.4) is 0 Å². The molecule has 0 spiro atoms. The highest BCUT2D eigenvalue weighted by atomic mass is 28.4. The highest BCUT2D eigenvalue weighted by Gasteiger charge is 2.37. The molecular weight excluding hydrogens is 372 g/mol. The van der Waals surface area contributed by atoms with Crippen LogP contribution in [0, 0.1) is 0 Å². The molecule has 0 saturated carbocycles. The van der Waals surface area contributed by atoms with E-state index in [0.717, 1.165) is 12.8 Å². The number of benzene rings is 1. The zero-order chi connectivity index (χ0) is 21.8. The second-order valence-electron chi connectivity index (χ2n) is 9.62. The maximum Gasteiger partial charge on any atom is 0.192 e. The summed E-state index contributed by atoms with van der Waals surface area (Å²) in [5.41, 5.74) is 2.40. The van der Waals surface area contributed by atoms with Gasteiger partial charge in [0.2, 0.25) is 0 Å². The van der Waals surface area contributed by atoms with Crippen molar-refractivity contribution in [2.45, 2.75) is 103 Å². The van der Waals surface area contributed by atoms with E-state index in [-0.39, 0.29) is 11.1 Å². The Labute approximate surface area is 181 Å². The van der Waals surface area contributed by atoms with Crippen LogP contribution in [0.2, 0.25) is 18.1 Å². The first-order chi connectivity index (χ1) is 13.7. The molecule has 1 rings (SSSR count). The fourth-order valence-electron chi connectivity index (χ4n) is 2.88. The summed E-state index contributed by atoms with van der Waals surface area (Å²) >= 11 is 0. The van der Waals surface area contributed by atoms with E-state index in [9.17, 15) is 5.11 Å². The first-order valence-corrected chi connectivity index (χ1v) is 14.3. The predicted octanol–water partition coefficient (Wildman–Crippen LogP) is 7.89. The third kappa shape index (κ3) is 10.4. The number of unbranched alkanes of at least 4 members (excludes halogenated alkanes) is 5. The Morgan fingerprint density at radius 2 is 1.66 bits per heavy atom. The lowest BCUT2D eigenvalue weighted by atomic mass is 10.1. The van der Waals surface area contributed by atoms with Crippen molar-refractivity contribution in [1.82, 2.24) is 0 Å². The maximum atomic E-state index is 10.1. The van der Waals surface area contributed by atoms with E-state index in [1.54, 1.807) is 0 Å². The quantitative estimate of drug-likeness (QED) is 0.201. The first-order valence-electron chi connectivity index (χ1n) is 11.4. The largest absolute Gasteiger partial charge is 0.413 e. The van der Waals surface area contributed by atoms with Gasteiger partial charge in [0.25, 0.3) is 0 Å². The van der Waals surface area contributed by atoms with E-state index in [4.69, 9.17) is 4.43 Å². The molecule has 1 N–H and O–H groups in total. The zero-order valence-electron chi connectivity index (χ0n) is 19.7. The minimum absolute atomic E-state index is 0.215. The summed E-state index contributed by atoms with van der Waals surface area (Å²) in [4.78, 5) is 0. The molecule has 164 valence electrons. The Morgan fingerprint density at radius 1 is 1.00 bits per heavy atom. The Hall–Kier alpha value is -1.16. The van der Waals surface area contributed by atoms with Gasteiger partial charge in [-0.2, -0.15) is 0 Å². The SMILES string of the molecule is CCCCCCCCC(O)/C=C/C=C/c1ccccc1CO[Si](C)(C)C(C)(C)C. The van der Waals surface area contributed by atoms with Crippen molar-refractivity contribution < 1.29 is 9.53 Å². The number of hydrogen-bond acceptors (Lipinski definition) is 2. The minimum Gasteiger partial charge on any atom is -0.413 e. The van der Waals surface area contributed by atoms with E-state index >= 15 is 0 Å². The van der Waals surface area contributed by atoms with Crippen LogP contribution < -0.4 is 0 Å². The molecule has 0 radical (unpaired) electrons. The number of allylic oxidation sites excluding steroid dienone is 2. The average molecular weight is 417 g/mol. The summed E-state index contributed by atoms with van der Waals surface area (Å²) in [7, 11) is -1.76. The summed E-state index contributed by atoms with van der Waals surface area (Å²) in [5, 5.41) is 10.3. The molecule has 1 atom stereocenters. The highest BCUT2D eigenvalue weighted by molar-refractivity contribution is 6.74. The lowest BCUT2D eigenvalue weighted by Gasteiger charge is -2.36. The molecule has 0 fully saturated rings. The molecule has 0 heterocycles. The van der Waals surface area contributed by atoms with Crippen molar-refractivity contribution in [2.24, 2.45) is 0 Å². The van der Waals surface area contributed by atoms with Crippen LogP contribution in [0.4, 0.5) is 0 Å². The molecule has 0 aliphatic carbocycles. The average Bonchev–Trinajstić information content (AvgIpc) is 2.66. The summed E-state index contributed by atoms with van der Waals surface area (Å²) in [6, 6.07) is 8.40. The van der Waals surface area contributed by atoms with E-state index in [1.807, 2.05) is 18.2 Å². The van der Waals surface area contributed by atoms with E-state index < -0.39 is 8.32 Å². The van der Waals surface area contributed by atoms with Gasteiger partial charge in [-0.15, -0.1) is 0 Å². The second kappa shape index (κ2) is 13.2. The van der Waals surface area contributed by atoms with Gasteiger partial charge in [-0.05, 0) is 35.7 Å². The predicted molar refractivity (Wildman–Crippen MR) is 131 cm³/mol. The second-order valence-corrected chi connectivity index (χ2v) is 14.4.